The van der Waals surface area contributed by atoms with Gasteiger partial charge in [-0.15, -0.1) is 0 Å². The summed E-state index contributed by atoms with van der Waals surface area (Å²) in [5.41, 5.74) is 16.5. The third-order valence-corrected chi connectivity index (χ3v) is 24.2. The summed E-state index contributed by atoms with van der Waals surface area (Å²) in [7, 11) is 0. The molecule has 0 aliphatic carbocycles. The molecule has 0 bridgehead atoms. The third kappa shape index (κ3) is 41.1. The Bertz CT molecular complexity index is 4680. The number of hydrogen-bond acceptors (Lipinski definition) is 28. The molecule has 2 saturated heterocycles. The second kappa shape index (κ2) is 59.0. The number of H-pyrrole nitrogens is 2. The van der Waals surface area contributed by atoms with Gasteiger partial charge in [0.1, 0.15) is 96.7 Å². The minimum absolute atomic E-state index is 0.0143. The predicted octanol–water partition coefficient (Wildman–Crippen LogP) is -9.42. The molecule has 2 aliphatic rings. The zero-order valence-electron chi connectivity index (χ0n) is 79.6. The molecule has 33 N–H and O–H groups in total. The van der Waals surface area contributed by atoms with Gasteiger partial charge in [-0.3, -0.25) is 106 Å². The van der Waals surface area contributed by atoms with Gasteiger partial charge >= 0.3 is 23.9 Å². The number of carboxylic acids is 3. The fraction of sp³-hybridized carbons (Fsp3) is 0.643. The number of aromatic amines is 2. The van der Waals surface area contributed by atoms with E-state index in [1.165, 1.54) is 66.6 Å². The summed E-state index contributed by atoms with van der Waals surface area (Å²) >= 11 is 1.73. The van der Waals surface area contributed by atoms with Crippen LogP contribution in [0.25, 0.3) is 0 Å². The zero-order chi connectivity index (χ0) is 105. The molecule has 21 amide bonds. The number of rotatable bonds is 64. The lowest BCUT2D eigenvalue weighted by molar-refractivity contribution is -0.142. The Labute approximate surface area is 809 Å². The molecular weight excluding hydrogens is 1870 g/mol. The molecule has 2 aromatic heterocycles. The lowest BCUT2D eigenvalue weighted by atomic mass is 9.96. The molecule has 0 unspecified atom stereocenters. The van der Waals surface area contributed by atoms with Crippen LogP contribution in [-0.4, -0.2) is 322 Å². The van der Waals surface area contributed by atoms with Crippen LogP contribution in [-0.2, 0) is 118 Å². The first kappa shape index (κ1) is 118. The normalized spacial score (nSPS) is 17.4. The highest BCUT2D eigenvalue weighted by Gasteiger charge is 2.44. The van der Waals surface area contributed by atoms with Gasteiger partial charge in [0.15, 0.2) is 5.96 Å². The molecule has 0 radical (unpaired) electrons. The summed E-state index contributed by atoms with van der Waals surface area (Å²) in [5, 5.41) is 95.5. The van der Waals surface area contributed by atoms with Gasteiger partial charge < -0.3 is 154 Å². The summed E-state index contributed by atoms with van der Waals surface area (Å²) < 4.78 is 0. The van der Waals surface area contributed by atoms with E-state index in [-0.39, 0.29) is 85.8 Å². The molecule has 2 aliphatic heterocycles. The average molecular weight is 2000 g/mol. The molecule has 56 heteroatoms. The summed E-state index contributed by atoms with van der Waals surface area (Å²) in [5.74, 6) is -25.7. The topological polar surface area (TPSA) is 873 Å². The van der Waals surface area contributed by atoms with Gasteiger partial charge in [-0.1, -0.05) is 60.8 Å². The highest BCUT2D eigenvalue weighted by atomic mass is 32.2. The number of aliphatic carboxylic acids is 3. The number of carbonyl (C=O) groups excluding carboxylic acids is 20. The van der Waals surface area contributed by atoms with Crippen LogP contribution < -0.4 is 124 Å². The maximum Gasteiger partial charge on any atom is 0.326 e. The maximum absolute atomic E-state index is 14.3. The number of guanidine groups is 1. The molecule has 55 nitrogen and oxygen atoms in total. The van der Waals surface area contributed by atoms with Gasteiger partial charge in [0.05, 0.1) is 55.7 Å². The third-order valence-electron chi connectivity index (χ3n) is 22.7. The molecule has 2 fully saturated rings. The van der Waals surface area contributed by atoms with Crippen molar-refractivity contribution in [2.45, 2.75) is 299 Å². The van der Waals surface area contributed by atoms with Crippen molar-refractivity contribution in [1.82, 2.24) is 126 Å². The van der Waals surface area contributed by atoms with Crippen LogP contribution in [0.5, 0.6) is 0 Å². The second-order valence-corrected chi connectivity index (χ2v) is 35.7. The minimum Gasteiger partial charge on any atom is -0.481 e. The number of thioether (sulfide) groups is 1. The van der Waals surface area contributed by atoms with Crippen LogP contribution in [0, 0.1) is 23.2 Å². The van der Waals surface area contributed by atoms with Gasteiger partial charge in [0, 0.05) is 68.5 Å². The van der Waals surface area contributed by atoms with Crippen molar-refractivity contribution < 1.29 is 131 Å². The number of nitrogens with two attached hydrogens (primary N) is 3. The summed E-state index contributed by atoms with van der Waals surface area (Å²) in [6.07, 6.45) is 2.14. The molecule has 0 aromatic carbocycles. The zero-order valence-corrected chi connectivity index (χ0v) is 80.4. The predicted molar refractivity (Wildman–Crippen MR) is 494 cm³/mol. The first-order valence-corrected chi connectivity index (χ1v) is 46.6. The van der Waals surface area contributed by atoms with E-state index < -0.39 is 303 Å². The second-order valence-electron chi connectivity index (χ2n) is 34.4. The number of carboxylic acid groups (broad SMARTS) is 3. The average Bonchev–Trinajstić information content (AvgIpc) is 1.76. The smallest absolute Gasteiger partial charge is 0.326 e. The molecule has 0 spiro atoms. The van der Waals surface area contributed by atoms with E-state index in [4.69, 9.17) is 22.6 Å². The van der Waals surface area contributed by atoms with Crippen LogP contribution in [0.1, 0.15) is 184 Å². The van der Waals surface area contributed by atoms with Crippen LogP contribution >= 0.6 is 11.8 Å². The van der Waals surface area contributed by atoms with E-state index >= 15 is 0 Å². The Morgan fingerprint density at radius 3 is 1.27 bits per heavy atom. The van der Waals surface area contributed by atoms with E-state index in [1.807, 2.05) is 0 Å². The van der Waals surface area contributed by atoms with Crippen molar-refractivity contribution in [2.24, 2.45) is 35.0 Å². The summed E-state index contributed by atoms with van der Waals surface area (Å²) in [6, 6.07) is -25.9. The van der Waals surface area contributed by atoms with Crippen LogP contribution in [0.15, 0.2) is 25.0 Å². The lowest BCUT2D eigenvalue weighted by Gasteiger charge is -2.29. The Hall–Kier alpha value is -14.4. The number of imidazole rings is 2. The number of aromatic nitrogens is 4. The number of aliphatic hydroxyl groups excluding tert-OH is 1. The van der Waals surface area contributed by atoms with Gasteiger partial charge in [0.2, 0.25) is 112 Å². The lowest BCUT2D eigenvalue weighted by Crippen LogP contribution is -2.61. The Morgan fingerprint density at radius 1 is 0.421 bits per heavy atom. The largest absolute Gasteiger partial charge is 0.481 e. The van der Waals surface area contributed by atoms with E-state index in [0.717, 1.165) is 26.0 Å². The summed E-state index contributed by atoms with van der Waals surface area (Å²) in [6.45, 7) is 13.7. The molecule has 4 heterocycles. The van der Waals surface area contributed by atoms with Gasteiger partial charge in [-0.05, 0) is 97.3 Å². The number of hydrogen-bond donors (Lipinski definition) is 30. The van der Waals surface area contributed by atoms with Gasteiger partial charge in [0.25, 0.3) is 0 Å². The number of nitrogens with zero attached hydrogens (tertiary/aromatic N) is 2. The number of carbonyl (C=O) groups is 23. The fourth-order valence-corrected chi connectivity index (χ4v) is 15.6. The number of fused-ring (bicyclic) bond motifs is 1. The van der Waals surface area contributed by atoms with Gasteiger partial charge in [-0.2, -0.15) is 11.8 Å². The first-order chi connectivity index (χ1) is 65.9. The fourth-order valence-electron chi connectivity index (χ4n) is 14.1. The quantitative estimate of drug-likeness (QED) is 0.0127. The van der Waals surface area contributed by atoms with Gasteiger partial charge in [-0.25, -0.2) is 19.6 Å². The van der Waals surface area contributed by atoms with E-state index in [1.54, 1.807) is 32.5 Å². The van der Waals surface area contributed by atoms with Crippen LogP contribution in [0.3, 0.4) is 0 Å². The van der Waals surface area contributed by atoms with Crippen molar-refractivity contribution in [2.75, 3.05) is 25.4 Å². The van der Waals surface area contributed by atoms with Crippen molar-refractivity contribution in [1.29, 1.82) is 5.41 Å². The Balaban J connectivity index is 1.41. The van der Waals surface area contributed by atoms with E-state index in [2.05, 4.69) is 126 Å². The molecule has 21 atom stereocenters. The molecule has 778 valence electrons. The number of unbranched alkanes of at least 4 members (excludes halogenated alkanes) is 1. The highest BCUT2D eigenvalue weighted by molar-refractivity contribution is 8.00. The first-order valence-electron chi connectivity index (χ1n) is 45.5. The molecule has 140 heavy (non-hydrogen) atoms. The standard InChI is InChI=1S/C84H134N28O27S/c1-12-38(5)64(109-59(116)19-15-14-18-56-66-55(34-140-56)108-84(139)112-66)80(135)107-54(33-113)78(133)103-47(20-23-57(85)114)72(127)97-44(11)71(126)110-63(37(3)4)79(134)105-52(28-46-31-90-36-94-46)76(131)98-41(8)68(123)95-42(9)70(125)104-51(27-45-30-89-35-93-45)75(130)99-43(10)69(124)101-49(22-25-62(120)121)74(129)111-65(39(6)13-2)81(136)106-53(29-58(86)115)77(132)102-48(21-24-61(118)119)73(128)96-40(7)67(122)92-32-60(117)100-50(82(137)138)17-16-26-91-83(87)88/h30-31,35-44,47-56,63-66,113H,12-29,32-34H2,1-11H3,(H2,85,114)(H2,86,115)(H,89,93)(H,90,94)(H,92,122)(H,95,123)(H,96,128)(H,97,127)(H,98,131)(H,99,130)(H,100,117)(H,101,124)(H,102,132)(H,103,133)(H,104,125)(H,105,134)(H,106,136)(H,107,135)(H,109,116)(H,110,126)(H,111,129)(H,118,119)(H,120,121)(H,137,138)(H4,87,88,91)(H2,108,112,139)/t38-,39-,40-,41-,42-,43-,44-,47-,48-,49-,50-,51-,52-,53-,54-,55-,56-,63-,64-,65-,66-/m0/s1. The van der Waals surface area contributed by atoms with Crippen molar-refractivity contribution in [3.63, 3.8) is 0 Å². The molecule has 2 aromatic rings. The monoisotopic (exact) mass is 2000 g/mol. The van der Waals surface area contributed by atoms with Crippen molar-refractivity contribution in [3.05, 3.63) is 36.4 Å². The number of amides is 21. The van der Waals surface area contributed by atoms with E-state index in [0.29, 0.717) is 19.3 Å². The molecule has 4 rings (SSSR count). The number of aliphatic hydroxyl groups is 1. The SMILES string of the molecule is CC[C@H](C)[C@H](NC(=O)CCCC[C@@H]1SC[C@@H]2NC(=O)N[C@@H]21)C(=O)N[C@@H](CO)C(=O)N[C@@H](CCC(N)=O)C(=O)N[C@@H](C)C(=O)N[C@H](C(=O)N[C@@H](Cc1c[nH]cn1)C(=O)N[C@@H](C)C(=O)N[C@@H](C)C(=O)N[C@@H](Cc1c[nH]cn1)C(=O)N[C@@H](C)C(=O)N[C@@H](CCC(=O)O)C(=O)N[C@H](C(=O)N[C@@H](CC(N)=O)C(=O)N[C@@H](CCC(=O)O)C(=O)N[C@@H](C)C(=O)NCC(=O)N[C@@H](CCCNC(=N)N)C(=O)O)[C@@H](C)CC)C(C)C. The van der Waals surface area contributed by atoms with Crippen molar-refractivity contribution in [3.8, 4) is 0 Å². The highest BCUT2D eigenvalue weighted by Crippen LogP contribution is 2.33. The number of nitrogens with one attached hydrogen (secondary N) is 23. The van der Waals surface area contributed by atoms with Crippen LogP contribution in [0.2, 0.25) is 0 Å². The van der Waals surface area contributed by atoms with Crippen molar-refractivity contribution >= 4 is 154 Å². The minimum atomic E-state index is -1.99. The van der Waals surface area contributed by atoms with E-state index in [9.17, 15) is 131 Å². The Kier molecular flexibility index (Phi) is 49.7. The molecular formula is C84H134N28O27S. The number of primary amides is 2. The summed E-state index contributed by atoms with van der Waals surface area (Å²) in [4.78, 5) is 321. The number of urea groups is 1. The van der Waals surface area contributed by atoms with Crippen LogP contribution in [0.4, 0.5) is 4.79 Å². The maximum atomic E-state index is 14.3. The Morgan fingerprint density at radius 2 is 0.821 bits per heavy atom. The molecule has 0 saturated carbocycles.